The molecule has 3 heterocycles. The first kappa shape index (κ1) is 17.9. The Kier molecular flexibility index (Phi) is 4.36. The van der Waals surface area contributed by atoms with Crippen LogP contribution >= 0.6 is 11.6 Å². The maximum Gasteiger partial charge on any atom is 0.240 e. The van der Waals surface area contributed by atoms with Crippen molar-refractivity contribution in [1.82, 2.24) is 9.99 Å². The van der Waals surface area contributed by atoms with E-state index in [1.807, 2.05) is 48.5 Å². The molecular weight excluding hydrogens is 390 g/mol. The molecule has 1 amide bonds. The van der Waals surface area contributed by atoms with Crippen molar-refractivity contribution in [2.75, 3.05) is 13.2 Å². The highest BCUT2D eigenvalue weighted by Crippen LogP contribution is 2.40. The van der Waals surface area contributed by atoms with E-state index in [0.29, 0.717) is 36.3 Å². The molecule has 0 saturated heterocycles. The van der Waals surface area contributed by atoms with E-state index < -0.39 is 0 Å². The Labute approximate surface area is 172 Å². The van der Waals surface area contributed by atoms with Crippen LogP contribution in [0.25, 0.3) is 10.9 Å². The molecule has 0 saturated carbocycles. The number of hydrogen-bond acceptors (Lipinski definition) is 5. The molecular formula is C22H18ClN3O3. The molecule has 2 aromatic carbocycles. The Morgan fingerprint density at radius 2 is 1.83 bits per heavy atom. The lowest BCUT2D eigenvalue weighted by Gasteiger charge is -2.22. The molecule has 0 radical (unpaired) electrons. The van der Waals surface area contributed by atoms with Crippen LogP contribution in [0.5, 0.6) is 11.5 Å². The fraction of sp³-hybridized carbons (Fsp3) is 0.227. The molecule has 1 atom stereocenters. The van der Waals surface area contributed by atoms with Gasteiger partial charge in [-0.05, 0) is 17.7 Å². The molecule has 0 aliphatic carbocycles. The molecule has 0 N–H and O–H groups in total. The number of carbonyl (C=O) groups excluding carboxylic acids is 1. The van der Waals surface area contributed by atoms with Crippen molar-refractivity contribution in [1.29, 1.82) is 0 Å². The van der Waals surface area contributed by atoms with Gasteiger partial charge in [0.25, 0.3) is 0 Å². The highest BCUT2D eigenvalue weighted by molar-refractivity contribution is 6.30. The molecule has 29 heavy (non-hydrogen) atoms. The highest BCUT2D eigenvalue weighted by atomic mass is 35.5. The molecule has 5 rings (SSSR count). The number of pyridine rings is 1. The van der Waals surface area contributed by atoms with E-state index in [0.717, 1.165) is 27.7 Å². The fourth-order valence-corrected chi connectivity index (χ4v) is 4.06. The molecule has 7 heteroatoms. The molecule has 6 nitrogen and oxygen atoms in total. The Balaban J connectivity index is 1.57. The van der Waals surface area contributed by atoms with Crippen LogP contribution in [-0.4, -0.2) is 34.8 Å². The van der Waals surface area contributed by atoms with Gasteiger partial charge in [0.15, 0.2) is 11.5 Å². The van der Waals surface area contributed by atoms with Gasteiger partial charge >= 0.3 is 0 Å². The lowest BCUT2D eigenvalue weighted by molar-refractivity contribution is -0.130. The molecule has 1 aromatic heterocycles. The molecule has 0 spiro atoms. The summed E-state index contributed by atoms with van der Waals surface area (Å²) < 4.78 is 11.3. The average molecular weight is 408 g/mol. The molecule has 0 bridgehead atoms. The number of hydrogen-bond donors (Lipinski definition) is 0. The first-order valence-corrected chi connectivity index (χ1v) is 9.80. The number of fused-ring (bicyclic) bond motifs is 2. The smallest absolute Gasteiger partial charge is 0.240 e. The van der Waals surface area contributed by atoms with Crippen LogP contribution in [0.3, 0.4) is 0 Å². The molecule has 2 aliphatic rings. The Morgan fingerprint density at radius 1 is 1.10 bits per heavy atom. The molecule has 0 fully saturated rings. The predicted molar refractivity (Wildman–Crippen MR) is 111 cm³/mol. The summed E-state index contributed by atoms with van der Waals surface area (Å²) in [7, 11) is 0. The average Bonchev–Trinajstić information content (AvgIpc) is 3.18. The number of carbonyl (C=O) groups is 1. The minimum Gasteiger partial charge on any atom is -0.486 e. The van der Waals surface area contributed by atoms with E-state index in [4.69, 9.17) is 21.1 Å². The summed E-state index contributed by atoms with van der Waals surface area (Å²) in [6.07, 6.45) is 0.570. The third kappa shape index (κ3) is 3.19. The van der Waals surface area contributed by atoms with Crippen molar-refractivity contribution in [2.24, 2.45) is 5.10 Å². The van der Waals surface area contributed by atoms with Crippen molar-refractivity contribution in [2.45, 2.75) is 19.4 Å². The second kappa shape index (κ2) is 7.04. The van der Waals surface area contributed by atoms with Gasteiger partial charge in [0.1, 0.15) is 18.4 Å². The van der Waals surface area contributed by atoms with Crippen LogP contribution in [0, 0.1) is 0 Å². The van der Waals surface area contributed by atoms with Crippen LogP contribution in [0.1, 0.15) is 30.5 Å². The van der Waals surface area contributed by atoms with Gasteiger partial charge in [-0.15, -0.1) is 0 Å². The zero-order chi connectivity index (χ0) is 20.0. The SMILES string of the molecule is CC(=O)N1N=C(c2ccccc2)C[C@@H]1c1cc2cc3c(cc2nc1Cl)OCCO3. The summed E-state index contributed by atoms with van der Waals surface area (Å²) in [6.45, 7) is 2.54. The third-order valence-electron chi connectivity index (χ3n) is 5.16. The summed E-state index contributed by atoms with van der Waals surface area (Å²) in [4.78, 5) is 16.9. The normalized spacial score (nSPS) is 18.1. The number of amides is 1. The van der Waals surface area contributed by atoms with E-state index in [2.05, 4.69) is 10.1 Å². The van der Waals surface area contributed by atoms with E-state index in [9.17, 15) is 4.79 Å². The van der Waals surface area contributed by atoms with E-state index in [-0.39, 0.29) is 11.9 Å². The summed E-state index contributed by atoms with van der Waals surface area (Å²) >= 11 is 6.56. The summed E-state index contributed by atoms with van der Waals surface area (Å²) in [5, 5.41) is 7.31. The Bertz CT molecular complexity index is 1150. The number of halogens is 1. The van der Waals surface area contributed by atoms with Gasteiger partial charge in [0, 0.05) is 30.4 Å². The Morgan fingerprint density at radius 3 is 2.55 bits per heavy atom. The maximum atomic E-state index is 12.3. The second-order valence-electron chi connectivity index (χ2n) is 7.05. The zero-order valence-electron chi connectivity index (χ0n) is 15.8. The van der Waals surface area contributed by atoms with Gasteiger partial charge in [0.05, 0.1) is 17.3 Å². The van der Waals surface area contributed by atoms with Gasteiger partial charge in [-0.2, -0.15) is 5.10 Å². The minimum absolute atomic E-state index is 0.140. The topological polar surface area (TPSA) is 64.0 Å². The Hall–Kier alpha value is -3.12. The predicted octanol–water partition coefficient (Wildman–Crippen LogP) is 4.36. The van der Waals surface area contributed by atoms with Gasteiger partial charge in [0.2, 0.25) is 5.91 Å². The number of benzene rings is 2. The molecule has 0 unspecified atom stereocenters. The number of rotatable bonds is 2. The number of aromatic nitrogens is 1. The standard InChI is InChI=1S/C22H18ClN3O3/c1-13(27)26-19(11-18(25-26)14-5-3-2-4-6-14)16-9-15-10-20-21(29-8-7-28-20)12-17(15)24-22(16)23/h2-6,9-10,12,19H,7-8,11H2,1H3/t19-/m1/s1. The van der Waals surface area contributed by atoms with Crippen LogP contribution < -0.4 is 9.47 Å². The van der Waals surface area contributed by atoms with Crippen LogP contribution in [0.15, 0.2) is 53.6 Å². The van der Waals surface area contributed by atoms with E-state index in [1.54, 1.807) is 0 Å². The second-order valence-corrected chi connectivity index (χ2v) is 7.41. The lowest BCUT2D eigenvalue weighted by Crippen LogP contribution is -2.24. The van der Waals surface area contributed by atoms with Crippen molar-refractivity contribution in [3.63, 3.8) is 0 Å². The van der Waals surface area contributed by atoms with Crippen molar-refractivity contribution < 1.29 is 14.3 Å². The number of hydrazone groups is 1. The number of ether oxygens (including phenoxy) is 2. The van der Waals surface area contributed by atoms with Crippen LogP contribution in [-0.2, 0) is 4.79 Å². The van der Waals surface area contributed by atoms with E-state index >= 15 is 0 Å². The molecule has 2 aliphatic heterocycles. The third-order valence-corrected chi connectivity index (χ3v) is 5.46. The monoisotopic (exact) mass is 407 g/mol. The van der Waals surface area contributed by atoms with Crippen molar-refractivity contribution in [3.05, 3.63) is 64.8 Å². The lowest BCUT2D eigenvalue weighted by atomic mass is 9.98. The zero-order valence-corrected chi connectivity index (χ0v) is 16.5. The summed E-state index contributed by atoms with van der Waals surface area (Å²) in [6, 6.07) is 15.2. The van der Waals surface area contributed by atoms with Gasteiger partial charge in [-0.3, -0.25) is 4.79 Å². The minimum atomic E-state index is -0.305. The largest absolute Gasteiger partial charge is 0.486 e. The fourth-order valence-electron chi connectivity index (χ4n) is 3.79. The quantitative estimate of drug-likeness (QED) is 0.592. The summed E-state index contributed by atoms with van der Waals surface area (Å²) in [5.74, 6) is 1.22. The van der Waals surface area contributed by atoms with Crippen LogP contribution in [0.4, 0.5) is 0 Å². The number of nitrogens with zero attached hydrogens (tertiary/aromatic N) is 3. The maximum absolute atomic E-state index is 12.3. The van der Waals surface area contributed by atoms with Crippen molar-refractivity contribution >= 4 is 34.1 Å². The molecule has 3 aromatic rings. The van der Waals surface area contributed by atoms with Gasteiger partial charge in [-0.1, -0.05) is 41.9 Å². The van der Waals surface area contributed by atoms with Gasteiger partial charge < -0.3 is 9.47 Å². The highest BCUT2D eigenvalue weighted by Gasteiger charge is 2.33. The van der Waals surface area contributed by atoms with Crippen molar-refractivity contribution in [3.8, 4) is 11.5 Å². The summed E-state index contributed by atoms with van der Waals surface area (Å²) in [5.41, 5.74) is 3.33. The van der Waals surface area contributed by atoms with Gasteiger partial charge in [-0.25, -0.2) is 9.99 Å². The van der Waals surface area contributed by atoms with Crippen LogP contribution in [0.2, 0.25) is 5.15 Å². The molecule has 146 valence electrons. The van der Waals surface area contributed by atoms with E-state index in [1.165, 1.54) is 11.9 Å². The first-order valence-electron chi connectivity index (χ1n) is 9.42. The first-order chi connectivity index (χ1) is 14.1.